The van der Waals surface area contributed by atoms with Gasteiger partial charge in [0.05, 0.1) is 6.10 Å². The molecule has 2 rings (SSSR count). The van der Waals surface area contributed by atoms with Gasteiger partial charge in [-0.1, -0.05) is 25.2 Å². The van der Waals surface area contributed by atoms with E-state index in [0.717, 1.165) is 6.42 Å². The van der Waals surface area contributed by atoms with Crippen molar-refractivity contribution in [1.82, 2.24) is 0 Å². The normalized spacial score (nSPS) is 31.5. The number of rotatable bonds is 9. The van der Waals surface area contributed by atoms with E-state index in [2.05, 4.69) is 25.2 Å². The van der Waals surface area contributed by atoms with E-state index in [1.165, 1.54) is 6.42 Å². The molecule has 0 aromatic heterocycles. The fraction of sp³-hybridized carbons (Fsp3) is 0.867. The van der Waals surface area contributed by atoms with Crippen LogP contribution in [-0.4, -0.2) is 43.8 Å². The zero-order valence-electron chi connectivity index (χ0n) is 14.1. The van der Waals surface area contributed by atoms with Crippen molar-refractivity contribution in [3.05, 3.63) is 12.2 Å². The number of allylic oxidation sites excluding steroid dienone is 1. The minimum Gasteiger partial charge on any atom is -0.351 e. The van der Waals surface area contributed by atoms with Crippen LogP contribution in [0, 0.1) is 5.92 Å². The van der Waals surface area contributed by atoms with E-state index in [9.17, 15) is 0 Å². The minimum absolute atomic E-state index is 0.196. The molecule has 6 heteroatoms. The van der Waals surface area contributed by atoms with Gasteiger partial charge < -0.3 is 17.7 Å². The van der Waals surface area contributed by atoms with Crippen LogP contribution >= 0.6 is 0 Å². The fourth-order valence-corrected chi connectivity index (χ4v) is 7.65. The molecule has 3 atom stereocenters. The Morgan fingerprint density at radius 3 is 2.05 bits per heavy atom. The van der Waals surface area contributed by atoms with E-state index >= 15 is 0 Å². The molecular formula is C15H30O4Si2. The maximum atomic E-state index is 6.37. The van der Waals surface area contributed by atoms with Gasteiger partial charge in [0, 0.05) is 34.5 Å². The van der Waals surface area contributed by atoms with Crippen LogP contribution in [0.5, 0.6) is 0 Å². The number of fused-ring (bicyclic) bond motifs is 2. The molecule has 0 radical (unpaired) electrons. The fourth-order valence-electron chi connectivity index (χ4n) is 3.56. The van der Waals surface area contributed by atoms with Crippen LogP contribution in [0.15, 0.2) is 12.2 Å². The lowest BCUT2D eigenvalue weighted by molar-refractivity contribution is -0.0551. The molecule has 2 bridgehead atoms. The van der Waals surface area contributed by atoms with E-state index in [1.807, 2.05) is 20.8 Å². The van der Waals surface area contributed by atoms with E-state index in [0.29, 0.717) is 30.8 Å². The molecule has 0 N–H and O–H groups in total. The van der Waals surface area contributed by atoms with Gasteiger partial charge in [0.1, 0.15) is 0 Å². The van der Waals surface area contributed by atoms with Crippen molar-refractivity contribution < 1.29 is 17.7 Å². The summed E-state index contributed by atoms with van der Waals surface area (Å²) in [5.41, 5.74) is 0. The summed E-state index contributed by atoms with van der Waals surface area (Å²) < 4.78 is 23.9. The first-order valence-electron chi connectivity index (χ1n) is 8.30. The van der Waals surface area contributed by atoms with E-state index in [4.69, 9.17) is 17.7 Å². The van der Waals surface area contributed by atoms with Crippen molar-refractivity contribution >= 4 is 17.8 Å². The van der Waals surface area contributed by atoms with Crippen molar-refractivity contribution in [2.24, 2.45) is 5.92 Å². The predicted octanol–water partition coefficient (Wildman–Crippen LogP) is 3.12. The molecule has 4 nitrogen and oxygen atoms in total. The second-order valence-corrected chi connectivity index (χ2v) is 11.8. The predicted molar refractivity (Wildman–Crippen MR) is 88.9 cm³/mol. The molecule has 2 aliphatic rings. The molecule has 0 aromatic rings. The van der Waals surface area contributed by atoms with Gasteiger partial charge >= 0.3 is 9.05 Å². The minimum atomic E-state index is -2.98. The quantitative estimate of drug-likeness (QED) is 0.481. The molecule has 0 heterocycles. The topological polar surface area (TPSA) is 36.9 Å². The van der Waals surface area contributed by atoms with Crippen LogP contribution in [0.1, 0.15) is 33.6 Å². The molecular weight excluding hydrogens is 300 g/mol. The van der Waals surface area contributed by atoms with Gasteiger partial charge in [-0.05, 0) is 38.7 Å². The summed E-state index contributed by atoms with van der Waals surface area (Å²) in [5, 5.41) is 0.431. The van der Waals surface area contributed by atoms with E-state index in [-0.39, 0.29) is 6.10 Å². The van der Waals surface area contributed by atoms with Crippen LogP contribution in [0.3, 0.4) is 0 Å². The first-order chi connectivity index (χ1) is 10.0. The first-order valence-corrected chi connectivity index (χ1v) is 12.8. The van der Waals surface area contributed by atoms with E-state index < -0.39 is 17.8 Å². The Morgan fingerprint density at radius 1 is 1.05 bits per heavy atom. The Labute approximate surface area is 131 Å². The van der Waals surface area contributed by atoms with Crippen LogP contribution in [0.25, 0.3) is 0 Å². The largest absolute Gasteiger partial charge is 0.679 e. The van der Waals surface area contributed by atoms with Crippen molar-refractivity contribution in [2.75, 3.05) is 19.8 Å². The van der Waals surface area contributed by atoms with Crippen molar-refractivity contribution in [2.45, 2.75) is 57.8 Å². The van der Waals surface area contributed by atoms with Crippen molar-refractivity contribution in [3.63, 3.8) is 0 Å². The average Bonchev–Trinajstić information content (AvgIpc) is 2.99. The van der Waals surface area contributed by atoms with Crippen molar-refractivity contribution in [3.8, 4) is 0 Å². The second-order valence-electron chi connectivity index (χ2n) is 6.27. The number of hydrogen-bond acceptors (Lipinski definition) is 4. The summed E-state index contributed by atoms with van der Waals surface area (Å²) in [5.74, 6) is 0.508. The Balaban J connectivity index is 2.09. The van der Waals surface area contributed by atoms with Crippen LogP contribution in [0.4, 0.5) is 0 Å². The molecule has 3 unspecified atom stereocenters. The molecule has 1 saturated carbocycles. The highest BCUT2D eigenvalue weighted by atomic mass is 28.4. The Kier molecular flexibility index (Phi) is 5.84. The van der Waals surface area contributed by atoms with Gasteiger partial charge in [0.15, 0.2) is 0 Å². The van der Waals surface area contributed by atoms with Crippen LogP contribution in [-0.2, 0) is 17.7 Å². The molecule has 0 amide bonds. The molecule has 0 saturated heterocycles. The van der Waals surface area contributed by atoms with Gasteiger partial charge in [0.25, 0.3) is 0 Å². The summed E-state index contributed by atoms with van der Waals surface area (Å²) in [6.07, 6.45) is 7.36. The number of hydrogen-bond donors (Lipinski definition) is 0. The summed E-state index contributed by atoms with van der Waals surface area (Å²) >= 11 is 0. The van der Waals surface area contributed by atoms with E-state index in [1.54, 1.807) is 0 Å². The summed E-state index contributed by atoms with van der Waals surface area (Å²) in [6, 6.07) is 0. The highest BCUT2D eigenvalue weighted by Gasteiger charge is 2.55. The second kappa shape index (κ2) is 7.06. The van der Waals surface area contributed by atoms with Crippen LogP contribution < -0.4 is 0 Å². The maximum absolute atomic E-state index is 6.37. The Morgan fingerprint density at radius 2 is 1.62 bits per heavy atom. The highest BCUT2D eigenvalue weighted by Crippen LogP contribution is 2.58. The smallest absolute Gasteiger partial charge is 0.351 e. The van der Waals surface area contributed by atoms with Gasteiger partial charge in [-0.15, -0.1) is 0 Å². The maximum Gasteiger partial charge on any atom is 0.679 e. The molecule has 21 heavy (non-hydrogen) atoms. The zero-order chi connectivity index (χ0) is 15.5. The van der Waals surface area contributed by atoms with Gasteiger partial charge in [-0.2, -0.15) is 0 Å². The molecule has 122 valence electrons. The van der Waals surface area contributed by atoms with Gasteiger partial charge in [-0.3, -0.25) is 0 Å². The molecule has 0 aromatic carbocycles. The summed E-state index contributed by atoms with van der Waals surface area (Å²) in [4.78, 5) is 0. The first kappa shape index (κ1) is 17.4. The molecule has 0 aliphatic heterocycles. The average molecular weight is 331 g/mol. The lowest BCUT2D eigenvalue weighted by Gasteiger charge is -2.34. The highest BCUT2D eigenvalue weighted by molar-refractivity contribution is 6.60. The third-order valence-electron chi connectivity index (χ3n) is 4.76. The lowest BCUT2D eigenvalue weighted by atomic mass is 10.0. The molecule has 1 fully saturated rings. The third-order valence-corrected chi connectivity index (χ3v) is 10.2. The summed E-state index contributed by atoms with van der Waals surface area (Å²) in [7, 11) is -3.73. The summed E-state index contributed by atoms with van der Waals surface area (Å²) in [6.45, 7) is 12.4. The van der Waals surface area contributed by atoms with Crippen LogP contribution in [0.2, 0.25) is 18.1 Å². The molecule has 0 spiro atoms. The third kappa shape index (κ3) is 3.51. The Hall–Kier alpha value is 0.0138. The monoisotopic (exact) mass is 330 g/mol. The molecule has 2 aliphatic carbocycles. The lowest BCUT2D eigenvalue weighted by Crippen LogP contribution is -2.52. The van der Waals surface area contributed by atoms with Crippen molar-refractivity contribution in [1.29, 1.82) is 0 Å². The van der Waals surface area contributed by atoms with Gasteiger partial charge in [-0.25, -0.2) is 0 Å². The van der Waals surface area contributed by atoms with Gasteiger partial charge in [0.2, 0.25) is 0 Å². The standard InChI is InChI=1S/C15H30O4Si2/c1-6-16-21(17-7-2,18-8-3)19-14-12-15(20(4)5)10-9-13(14)11-15/h9-10,13-14,20H,6-8,11-12H2,1-5H3. The SMILES string of the molecule is CCO[Si](OCC)(OCC)OC1CC2([SiH](C)C)C=CC1C2. The zero-order valence-corrected chi connectivity index (χ0v) is 16.2. The Bertz CT molecular complexity index is 358.